The predicted octanol–water partition coefficient (Wildman–Crippen LogP) is 7.95. The van der Waals surface area contributed by atoms with E-state index in [1.807, 2.05) is 0 Å². The summed E-state index contributed by atoms with van der Waals surface area (Å²) in [7, 11) is 5.09. The Morgan fingerprint density at radius 2 is 0.793 bits per heavy atom. The average molecular weight is 543 g/mol. The molecular formula is C26H24BrClZr+2. The van der Waals surface area contributed by atoms with Crippen molar-refractivity contribution in [3.05, 3.63) is 121 Å². The number of halogens is 2. The number of benzene rings is 2. The van der Waals surface area contributed by atoms with Gasteiger partial charge in [0.1, 0.15) is 0 Å². The van der Waals surface area contributed by atoms with Crippen LogP contribution in [-0.4, -0.2) is 0 Å². The fraction of sp³-hybridized carbons (Fsp3) is 0.154. The van der Waals surface area contributed by atoms with E-state index in [0.717, 1.165) is 0 Å². The molecular weight excluding hydrogens is 519 g/mol. The maximum atomic E-state index is 5.09. The zero-order valence-electron chi connectivity index (χ0n) is 17.2. The van der Waals surface area contributed by atoms with Crippen LogP contribution in [0.25, 0.3) is 11.1 Å². The Morgan fingerprint density at radius 1 is 0.552 bits per heavy atom. The maximum absolute atomic E-state index is 5.09. The topological polar surface area (TPSA) is 0 Å². The minimum atomic E-state index is -0.485. The van der Waals surface area contributed by atoms with Gasteiger partial charge in [-0.25, -0.2) is 0 Å². The van der Waals surface area contributed by atoms with Crippen molar-refractivity contribution in [3.63, 3.8) is 0 Å². The summed E-state index contributed by atoms with van der Waals surface area (Å²) in [6, 6.07) is 17.5. The van der Waals surface area contributed by atoms with E-state index in [1.165, 1.54) is 57.8 Å². The minimum absolute atomic E-state index is 0.485. The molecule has 0 saturated heterocycles. The van der Waals surface area contributed by atoms with Crippen LogP contribution in [-0.2, 0) is 19.7 Å². The van der Waals surface area contributed by atoms with Crippen LogP contribution in [0.15, 0.2) is 48.5 Å². The molecule has 3 heteroatoms. The molecule has 0 N–H and O–H groups in total. The Labute approximate surface area is 198 Å². The van der Waals surface area contributed by atoms with Gasteiger partial charge in [0.15, 0.2) is 0 Å². The van der Waals surface area contributed by atoms with Gasteiger partial charge in [-0.2, -0.15) is 0 Å². The Hall–Kier alpha value is 0.0931. The molecule has 2 saturated carbocycles. The van der Waals surface area contributed by atoms with Crippen LogP contribution in [0, 0.1) is 61.2 Å². The van der Waals surface area contributed by atoms with Gasteiger partial charge in [0.2, 0.25) is 0 Å². The average Bonchev–Trinajstić information content (AvgIpc) is 3.23. The summed E-state index contributed by atoms with van der Waals surface area (Å²) in [6.45, 7) is 8.74. The van der Waals surface area contributed by atoms with Gasteiger partial charge in [0.25, 0.3) is 0 Å². The second-order valence-corrected chi connectivity index (χ2v) is 13.9. The second-order valence-electron chi connectivity index (χ2n) is 7.38. The molecule has 10 radical (unpaired) electrons. The molecule has 0 bridgehead atoms. The molecule has 0 atom stereocenters. The van der Waals surface area contributed by atoms with Crippen molar-refractivity contribution in [1.82, 2.24) is 0 Å². The van der Waals surface area contributed by atoms with E-state index in [4.69, 9.17) is 8.51 Å². The van der Waals surface area contributed by atoms with Crippen LogP contribution in [0.3, 0.4) is 0 Å². The van der Waals surface area contributed by atoms with Gasteiger partial charge in [0, 0.05) is 11.8 Å². The molecule has 4 rings (SSSR count). The molecule has 0 aliphatic heterocycles. The summed E-state index contributed by atoms with van der Waals surface area (Å²) < 4.78 is 0. The quantitative estimate of drug-likeness (QED) is 0.369. The first-order valence-corrected chi connectivity index (χ1v) is 18.4. The molecule has 2 aliphatic carbocycles. The van der Waals surface area contributed by atoms with Gasteiger partial charge in [-0.1, -0.05) is 76.2 Å². The molecule has 0 amide bonds. The first-order valence-electron chi connectivity index (χ1n) is 9.59. The number of rotatable bonds is 3. The normalized spacial score (nSPS) is 19.9. The molecule has 2 aromatic carbocycles. The Balaban J connectivity index is 0.000000755. The van der Waals surface area contributed by atoms with E-state index >= 15 is 0 Å². The molecule has 0 unspecified atom stereocenters. The van der Waals surface area contributed by atoms with E-state index in [0.29, 0.717) is 0 Å². The summed E-state index contributed by atoms with van der Waals surface area (Å²) in [6.07, 6.45) is 9.20. The summed E-state index contributed by atoms with van der Waals surface area (Å²) in [5.41, 5.74) is 5.20. The van der Waals surface area contributed by atoms with Crippen molar-refractivity contribution in [1.29, 1.82) is 0 Å². The van der Waals surface area contributed by atoms with Crippen molar-refractivity contribution in [2.45, 2.75) is 27.7 Å². The van der Waals surface area contributed by atoms with Crippen molar-refractivity contribution in [2.24, 2.45) is 0 Å². The third-order valence-corrected chi connectivity index (χ3v) is 5.50. The molecule has 0 heterocycles. The van der Waals surface area contributed by atoms with Crippen molar-refractivity contribution >= 4 is 20.7 Å². The van der Waals surface area contributed by atoms with Gasteiger partial charge in [-0.05, 0) is 71.6 Å². The number of hydrogen-bond donors (Lipinski definition) is 0. The van der Waals surface area contributed by atoms with Gasteiger partial charge < -0.3 is 0 Å². The Morgan fingerprint density at radius 3 is 1.07 bits per heavy atom. The van der Waals surface area contributed by atoms with Crippen molar-refractivity contribution in [2.75, 3.05) is 0 Å². The summed E-state index contributed by atoms with van der Waals surface area (Å²) in [5.74, 6) is 8.02. The van der Waals surface area contributed by atoms with Crippen LogP contribution in [0.4, 0.5) is 0 Å². The second kappa shape index (κ2) is 11.1. The van der Waals surface area contributed by atoms with E-state index in [9.17, 15) is 0 Å². The van der Waals surface area contributed by atoms with E-state index in [1.54, 1.807) is 0 Å². The van der Waals surface area contributed by atoms with Gasteiger partial charge in [0.05, 0.1) is 0 Å². The molecule has 2 fully saturated rings. The van der Waals surface area contributed by atoms with Crippen LogP contribution in [0.5, 0.6) is 0 Å². The summed E-state index contributed by atoms with van der Waals surface area (Å²) in [4.78, 5) is 0. The monoisotopic (exact) mass is 540 g/mol. The van der Waals surface area contributed by atoms with Crippen LogP contribution < -0.4 is 0 Å². The Bertz CT molecular complexity index is 706. The van der Waals surface area contributed by atoms with Crippen LogP contribution in [0.2, 0.25) is 0 Å². The molecule has 2 aromatic rings. The van der Waals surface area contributed by atoms with E-state index < -0.39 is 19.7 Å². The molecule has 144 valence electrons. The molecule has 0 nitrogen and oxygen atoms in total. The van der Waals surface area contributed by atoms with Crippen molar-refractivity contribution in [3.8, 4) is 11.1 Å². The fourth-order valence-electron chi connectivity index (χ4n) is 3.72. The third kappa shape index (κ3) is 5.67. The van der Waals surface area contributed by atoms with Crippen molar-refractivity contribution < 1.29 is 19.7 Å². The molecule has 0 aromatic heterocycles. The molecule has 2 aliphatic rings. The third-order valence-electron chi connectivity index (χ3n) is 5.50. The first-order chi connectivity index (χ1) is 14.0. The fourth-order valence-corrected chi connectivity index (χ4v) is 3.72. The SMILES string of the molecule is C[C]1[CH][C](c2ccccc2-c2ccccc2[C]2[CH][C](C)[C](C)[CH]2)[CH][C]1C.[Cl][Zr+2][Br]. The van der Waals surface area contributed by atoms with Crippen LogP contribution >= 0.6 is 20.7 Å². The standard InChI is InChI=1S/C26H24.BrH.ClH.Zr/c1-17-13-21(14-18(17)2)23-9-5-7-11-25(23)26-12-8-6-10-24(26)22-15-19(3)20(4)16-22;;;/h5-16H,1-4H3;2*1H;/q;;;+4/p-2. The van der Waals surface area contributed by atoms with Gasteiger partial charge in [-0.3, -0.25) is 0 Å². The predicted molar refractivity (Wildman–Crippen MR) is 124 cm³/mol. The Kier molecular flexibility index (Phi) is 9.09. The molecule has 0 spiro atoms. The van der Waals surface area contributed by atoms with E-state index in [-0.39, 0.29) is 0 Å². The summed E-state index contributed by atoms with van der Waals surface area (Å²) in [5, 5.41) is 0. The van der Waals surface area contributed by atoms with Gasteiger partial charge in [-0.15, -0.1) is 0 Å². The molecule has 29 heavy (non-hydrogen) atoms. The summed E-state index contributed by atoms with van der Waals surface area (Å²) >= 11 is 2.60. The van der Waals surface area contributed by atoms with E-state index in [2.05, 4.69) is 114 Å². The zero-order chi connectivity index (χ0) is 21.0. The first kappa shape index (κ1) is 23.7. The zero-order valence-corrected chi connectivity index (χ0v) is 22.0. The van der Waals surface area contributed by atoms with Crippen LogP contribution in [0.1, 0.15) is 38.8 Å². The van der Waals surface area contributed by atoms with Gasteiger partial charge >= 0.3 is 40.4 Å². The number of hydrogen-bond acceptors (Lipinski definition) is 0.